The van der Waals surface area contributed by atoms with Gasteiger partial charge in [-0.1, -0.05) is 56.8 Å². The fourth-order valence-electron chi connectivity index (χ4n) is 3.75. The first-order valence-electron chi connectivity index (χ1n) is 9.96. The molecule has 0 aliphatic carbocycles. The number of fused-ring (bicyclic) bond motifs is 5. The van der Waals surface area contributed by atoms with Crippen LogP contribution in [0.25, 0.3) is 32.9 Å². The maximum Gasteiger partial charge on any atom is 0.210 e. The van der Waals surface area contributed by atoms with E-state index in [9.17, 15) is 4.79 Å². The van der Waals surface area contributed by atoms with Gasteiger partial charge in [-0.05, 0) is 17.0 Å². The van der Waals surface area contributed by atoms with Gasteiger partial charge in [0.2, 0.25) is 5.91 Å². The van der Waals surface area contributed by atoms with E-state index in [4.69, 9.17) is 0 Å². The Balaban J connectivity index is 0.000000567. The number of hydrogen-bond donors (Lipinski definition) is 1. The topological polar surface area (TPSA) is 34.0 Å². The Kier molecular flexibility index (Phi) is 8.18. The first-order chi connectivity index (χ1) is 13.8. The number of nitrogens with zero attached hydrogens (tertiary/aromatic N) is 1. The Morgan fingerprint density at radius 2 is 1.69 bits per heavy atom. The van der Waals surface area contributed by atoms with E-state index >= 15 is 0 Å². The molecule has 0 saturated carbocycles. The molecule has 29 heavy (non-hydrogen) atoms. The molecule has 2 heterocycles. The average molecular weight is 459 g/mol. The zero-order valence-electron chi connectivity index (χ0n) is 17.8. The molecule has 5 rings (SSSR count). The van der Waals surface area contributed by atoms with Gasteiger partial charge >= 0.3 is 0 Å². The van der Waals surface area contributed by atoms with Crippen LogP contribution >= 0.6 is 0 Å². The van der Waals surface area contributed by atoms with Gasteiger partial charge < -0.3 is 9.88 Å². The second-order valence-corrected chi connectivity index (χ2v) is 6.11. The molecule has 147 valence electrons. The number of aromatic nitrogens is 1. The SMILES string of the molecule is CC.CC.Cn1c2ccccc2c2c3c([c-]c(-c4[c-]cccc4)c21)CNC3=O.[Y]. The van der Waals surface area contributed by atoms with Gasteiger partial charge in [0, 0.05) is 51.8 Å². The molecule has 1 aliphatic heterocycles. The van der Waals surface area contributed by atoms with E-state index in [1.165, 1.54) is 0 Å². The van der Waals surface area contributed by atoms with Crippen molar-refractivity contribution >= 4 is 27.7 Å². The van der Waals surface area contributed by atoms with E-state index in [2.05, 4.69) is 34.1 Å². The van der Waals surface area contributed by atoms with Crippen LogP contribution in [-0.2, 0) is 46.3 Å². The zero-order valence-corrected chi connectivity index (χ0v) is 20.6. The van der Waals surface area contributed by atoms with E-state index in [0.29, 0.717) is 6.54 Å². The predicted molar refractivity (Wildman–Crippen MR) is 117 cm³/mol. The molecule has 3 aromatic carbocycles. The summed E-state index contributed by atoms with van der Waals surface area (Å²) in [5.74, 6) is -0.00815. The predicted octanol–water partition coefficient (Wildman–Crippen LogP) is 5.89. The van der Waals surface area contributed by atoms with Gasteiger partial charge in [0.05, 0.1) is 0 Å². The summed E-state index contributed by atoms with van der Waals surface area (Å²) in [4.78, 5) is 12.4. The average Bonchev–Trinajstić information content (AvgIpc) is 3.29. The number of aryl methyl sites for hydroxylation is 1. The third-order valence-corrected chi connectivity index (χ3v) is 4.80. The number of rotatable bonds is 1. The molecule has 1 aliphatic rings. The monoisotopic (exact) mass is 459 g/mol. The van der Waals surface area contributed by atoms with Crippen LogP contribution in [0.1, 0.15) is 43.6 Å². The van der Waals surface area contributed by atoms with Crippen molar-refractivity contribution < 1.29 is 37.5 Å². The van der Waals surface area contributed by atoms with Crippen LogP contribution in [0, 0.1) is 12.1 Å². The van der Waals surface area contributed by atoms with Crippen molar-refractivity contribution in [3.63, 3.8) is 0 Å². The Bertz CT molecular complexity index is 1130. The fourth-order valence-corrected chi connectivity index (χ4v) is 3.75. The summed E-state index contributed by atoms with van der Waals surface area (Å²) in [7, 11) is 2.05. The zero-order chi connectivity index (χ0) is 20.3. The normalized spacial score (nSPS) is 11.6. The standard InChI is InChI=1S/C21H14N2O.2C2H6.Y/c1-23-17-10-6-5-9-15(17)19-18-14(12-22-21(18)24)11-16(20(19)23)13-7-3-2-4-8-13;2*1-2;/h2-7,9-10H,12H2,1H3,(H,22,24);2*1-2H3;/q-2;;;. The number of carbonyl (C=O) groups is 1. The number of amides is 1. The molecule has 4 aromatic rings. The minimum Gasteiger partial charge on any atom is -0.392 e. The first-order valence-corrected chi connectivity index (χ1v) is 9.96. The van der Waals surface area contributed by atoms with Crippen LogP contribution in [-0.4, -0.2) is 10.5 Å². The number of hydrogen-bond acceptors (Lipinski definition) is 1. The molecule has 1 amide bonds. The summed E-state index contributed by atoms with van der Waals surface area (Å²) >= 11 is 0. The van der Waals surface area contributed by atoms with Gasteiger partial charge in [-0.15, -0.1) is 11.6 Å². The smallest absolute Gasteiger partial charge is 0.210 e. The van der Waals surface area contributed by atoms with Crippen LogP contribution in [0.5, 0.6) is 0 Å². The molecule has 0 atom stereocenters. The molecule has 1 N–H and O–H groups in total. The Labute approximate surface area is 198 Å². The minimum atomic E-state index is -0.00815. The summed E-state index contributed by atoms with van der Waals surface area (Å²) in [6.07, 6.45) is 0. The maximum absolute atomic E-state index is 12.4. The van der Waals surface area contributed by atoms with Gasteiger partial charge in [-0.25, -0.2) is 11.1 Å². The number of benzene rings is 3. The van der Waals surface area contributed by atoms with Gasteiger partial charge in [-0.3, -0.25) is 4.79 Å². The quantitative estimate of drug-likeness (QED) is 0.354. The van der Waals surface area contributed by atoms with Crippen molar-refractivity contribution in [3.05, 3.63) is 71.8 Å². The maximum atomic E-state index is 12.4. The Hall–Kier alpha value is -1.97. The summed E-state index contributed by atoms with van der Waals surface area (Å²) < 4.78 is 2.16. The Morgan fingerprint density at radius 1 is 1.00 bits per heavy atom. The van der Waals surface area contributed by atoms with Crippen molar-refractivity contribution in [3.8, 4) is 11.1 Å². The van der Waals surface area contributed by atoms with E-state index in [1.54, 1.807) is 0 Å². The first kappa shape index (κ1) is 23.3. The third kappa shape index (κ3) is 3.91. The molecule has 0 saturated heterocycles. The number of para-hydroxylation sites is 1. The summed E-state index contributed by atoms with van der Waals surface area (Å²) in [6, 6.07) is 22.9. The second-order valence-electron chi connectivity index (χ2n) is 6.11. The summed E-state index contributed by atoms with van der Waals surface area (Å²) in [5.41, 5.74) is 5.85. The molecule has 0 spiro atoms. The Morgan fingerprint density at radius 3 is 2.38 bits per heavy atom. The van der Waals surface area contributed by atoms with Gasteiger partial charge in [0.25, 0.3) is 0 Å². The van der Waals surface area contributed by atoms with Crippen LogP contribution in [0.2, 0.25) is 0 Å². The summed E-state index contributed by atoms with van der Waals surface area (Å²) in [5, 5.41) is 5.06. The molecule has 0 unspecified atom stereocenters. The molecule has 1 radical (unpaired) electrons. The van der Waals surface area contributed by atoms with E-state index in [1.807, 2.05) is 71.1 Å². The van der Waals surface area contributed by atoms with Crippen molar-refractivity contribution in [2.24, 2.45) is 7.05 Å². The fraction of sp³-hybridized carbons (Fsp3) is 0.240. The van der Waals surface area contributed by atoms with E-state index in [-0.39, 0.29) is 38.6 Å². The van der Waals surface area contributed by atoms with Crippen LogP contribution in [0.4, 0.5) is 0 Å². The molecule has 0 bridgehead atoms. The number of carbonyl (C=O) groups excluding carboxylic acids is 1. The van der Waals surface area contributed by atoms with Crippen LogP contribution in [0.3, 0.4) is 0 Å². The molecular formula is C25H26N2OY-2. The summed E-state index contributed by atoms with van der Waals surface area (Å²) in [6.45, 7) is 8.53. The van der Waals surface area contributed by atoms with Crippen LogP contribution in [0.15, 0.2) is 48.5 Å². The molecule has 0 fully saturated rings. The molecule has 1 aromatic heterocycles. The van der Waals surface area contributed by atoms with Crippen molar-refractivity contribution in [1.82, 2.24) is 9.88 Å². The van der Waals surface area contributed by atoms with Crippen molar-refractivity contribution in [2.75, 3.05) is 0 Å². The van der Waals surface area contributed by atoms with Gasteiger partial charge in [0.15, 0.2) is 0 Å². The number of nitrogens with one attached hydrogen (secondary N) is 1. The van der Waals surface area contributed by atoms with E-state index in [0.717, 1.165) is 44.1 Å². The van der Waals surface area contributed by atoms with Crippen molar-refractivity contribution in [2.45, 2.75) is 34.2 Å². The minimum absolute atomic E-state index is 0. The van der Waals surface area contributed by atoms with Crippen molar-refractivity contribution in [1.29, 1.82) is 0 Å². The second kappa shape index (κ2) is 10.2. The third-order valence-electron chi connectivity index (χ3n) is 4.80. The molecular weight excluding hydrogens is 433 g/mol. The van der Waals surface area contributed by atoms with Crippen LogP contribution < -0.4 is 5.32 Å². The largest absolute Gasteiger partial charge is 0.392 e. The molecule has 3 nitrogen and oxygen atoms in total. The molecule has 4 heteroatoms. The van der Waals surface area contributed by atoms with Gasteiger partial charge in [0.1, 0.15) is 0 Å². The van der Waals surface area contributed by atoms with E-state index < -0.39 is 0 Å². The van der Waals surface area contributed by atoms with Gasteiger partial charge in [-0.2, -0.15) is 30.3 Å².